The summed E-state index contributed by atoms with van der Waals surface area (Å²) < 4.78 is 5.06. The zero-order chi connectivity index (χ0) is 19.1. The summed E-state index contributed by atoms with van der Waals surface area (Å²) in [7, 11) is 0. The number of nitrogens with one attached hydrogen (secondary N) is 3. The Morgan fingerprint density at radius 1 is 0.889 bits per heavy atom. The Kier molecular flexibility index (Phi) is 5.96. The van der Waals surface area contributed by atoms with Crippen molar-refractivity contribution in [2.45, 2.75) is 6.42 Å². The molecule has 27 heavy (non-hydrogen) atoms. The fraction of sp³-hybridized carbons (Fsp3) is 0.0500. The first-order valence-electron chi connectivity index (χ1n) is 8.20. The maximum atomic E-state index is 12.1. The van der Waals surface area contributed by atoms with Gasteiger partial charge in [0.05, 0.1) is 12.7 Å². The molecule has 2 amide bonds. The van der Waals surface area contributed by atoms with E-state index in [2.05, 4.69) is 16.0 Å². The second-order valence-corrected chi connectivity index (χ2v) is 6.09. The van der Waals surface area contributed by atoms with E-state index in [9.17, 15) is 9.59 Å². The van der Waals surface area contributed by atoms with Crippen LogP contribution in [0.25, 0.3) is 0 Å². The molecule has 3 N–H and O–H groups in total. The molecule has 0 aliphatic heterocycles. The summed E-state index contributed by atoms with van der Waals surface area (Å²) in [5, 5.41) is 8.48. The summed E-state index contributed by atoms with van der Waals surface area (Å²) in [6, 6.07) is 19.6. The van der Waals surface area contributed by atoms with Crippen molar-refractivity contribution in [3.63, 3.8) is 0 Å². The van der Waals surface area contributed by atoms with E-state index in [1.807, 2.05) is 30.3 Å². The van der Waals surface area contributed by atoms with Crippen molar-refractivity contribution in [2.24, 2.45) is 0 Å². The lowest BCUT2D eigenvalue weighted by molar-refractivity contribution is -0.119. The molecule has 0 atom stereocenters. The standard InChI is InChI=1S/C20H17N3O3S/c24-18(12-14-6-2-1-3-7-14)23-20(27)22-16-9-4-8-15(13-16)21-19(25)17-10-5-11-26-17/h1-11,13H,12H2,(H,21,25)(H2,22,23,24,27). The van der Waals surface area contributed by atoms with Crippen LogP contribution in [0.1, 0.15) is 16.1 Å². The normalized spacial score (nSPS) is 10.1. The van der Waals surface area contributed by atoms with E-state index in [4.69, 9.17) is 16.6 Å². The smallest absolute Gasteiger partial charge is 0.291 e. The maximum Gasteiger partial charge on any atom is 0.291 e. The summed E-state index contributed by atoms with van der Waals surface area (Å²) in [6.45, 7) is 0. The zero-order valence-corrected chi connectivity index (χ0v) is 15.1. The zero-order valence-electron chi connectivity index (χ0n) is 14.3. The summed E-state index contributed by atoms with van der Waals surface area (Å²) >= 11 is 5.18. The van der Waals surface area contributed by atoms with Crippen molar-refractivity contribution in [3.05, 3.63) is 84.3 Å². The predicted octanol–water partition coefficient (Wildman–Crippen LogP) is 3.59. The van der Waals surface area contributed by atoms with Crippen LogP contribution in [0.4, 0.5) is 11.4 Å². The Bertz CT molecular complexity index is 940. The highest BCUT2D eigenvalue weighted by Gasteiger charge is 2.10. The minimum atomic E-state index is -0.351. The SMILES string of the molecule is O=C(Cc1ccccc1)NC(=S)Nc1cccc(NC(=O)c2ccco2)c1. The van der Waals surface area contributed by atoms with Gasteiger partial charge in [0, 0.05) is 11.4 Å². The van der Waals surface area contributed by atoms with Crippen LogP contribution in [0.15, 0.2) is 77.4 Å². The number of benzene rings is 2. The van der Waals surface area contributed by atoms with Crippen LogP contribution in [-0.4, -0.2) is 16.9 Å². The van der Waals surface area contributed by atoms with Crippen molar-refractivity contribution in [1.82, 2.24) is 5.32 Å². The third-order valence-corrected chi connectivity index (χ3v) is 3.79. The lowest BCUT2D eigenvalue weighted by atomic mass is 10.1. The van der Waals surface area contributed by atoms with Gasteiger partial charge in [-0.05, 0) is 48.1 Å². The van der Waals surface area contributed by atoms with E-state index in [0.717, 1.165) is 5.56 Å². The Labute approximate surface area is 161 Å². The van der Waals surface area contributed by atoms with E-state index in [1.54, 1.807) is 36.4 Å². The number of carbonyl (C=O) groups is 2. The monoisotopic (exact) mass is 379 g/mol. The van der Waals surface area contributed by atoms with Gasteiger partial charge in [-0.25, -0.2) is 0 Å². The van der Waals surface area contributed by atoms with Gasteiger partial charge in [-0.15, -0.1) is 0 Å². The number of hydrogen-bond acceptors (Lipinski definition) is 4. The van der Waals surface area contributed by atoms with Crippen LogP contribution in [-0.2, 0) is 11.2 Å². The highest BCUT2D eigenvalue weighted by Crippen LogP contribution is 2.16. The predicted molar refractivity (Wildman–Crippen MR) is 108 cm³/mol. The van der Waals surface area contributed by atoms with Crippen molar-refractivity contribution in [1.29, 1.82) is 0 Å². The number of amides is 2. The molecule has 0 bridgehead atoms. The minimum absolute atomic E-state index is 0.186. The molecule has 0 fully saturated rings. The molecule has 0 saturated carbocycles. The lowest BCUT2D eigenvalue weighted by Crippen LogP contribution is -2.35. The lowest BCUT2D eigenvalue weighted by Gasteiger charge is -2.11. The molecule has 0 aliphatic carbocycles. The van der Waals surface area contributed by atoms with Gasteiger partial charge in [0.2, 0.25) is 5.91 Å². The quantitative estimate of drug-likeness (QED) is 0.590. The maximum absolute atomic E-state index is 12.1. The largest absolute Gasteiger partial charge is 0.459 e. The number of furan rings is 1. The summed E-state index contributed by atoms with van der Waals surface area (Å²) in [5.74, 6) is -0.339. The third-order valence-electron chi connectivity index (χ3n) is 3.58. The Morgan fingerprint density at radius 3 is 2.33 bits per heavy atom. The van der Waals surface area contributed by atoms with Gasteiger partial charge < -0.3 is 20.4 Å². The Hall–Kier alpha value is -3.45. The Balaban J connectivity index is 1.55. The molecule has 0 radical (unpaired) electrons. The highest BCUT2D eigenvalue weighted by molar-refractivity contribution is 7.80. The molecule has 1 aromatic heterocycles. The average Bonchev–Trinajstić information content (AvgIpc) is 3.17. The van der Waals surface area contributed by atoms with E-state index in [0.29, 0.717) is 11.4 Å². The molecule has 2 aromatic carbocycles. The second kappa shape index (κ2) is 8.77. The van der Waals surface area contributed by atoms with Crippen molar-refractivity contribution < 1.29 is 14.0 Å². The molecule has 0 aliphatic rings. The van der Waals surface area contributed by atoms with Gasteiger partial charge in [-0.1, -0.05) is 36.4 Å². The van der Waals surface area contributed by atoms with Crippen LogP contribution in [0.2, 0.25) is 0 Å². The van der Waals surface area contributed by atoms with Crippen molar-refractivity contribution >= 4 is 40.5 Å². The van der Waals surface area contributed by atoms with Gasteiger partial charge in [0.25, 0.3) is 5.91 Å². The Morgan fingerprint density at radius 2 is 1.63 bits per heavy atom. The number of anilines is 2. The van der Waals surface area contributed by atoms with E-state index >= 15 is 0 Å². The van der Waals surface area contributed by atoms with Crippen LogP contribution in [0.3, 0.4) is 0 Å². The molecular formula is C20H17N3O3S. The summed E-state index contributed by atoms with van der Waals surface area (Å²) in [6.07, 6.45) is 1.67. The molecule has 1 heterocycles. The first-order chi connectivity index (χ1) is 13.1. The van der Waals surface area contributed by atoms with E-state index in [1.165, 1.54) is 6.26 Å². The van der Waals surface area contributed by atoms with Gasteiger partial charge >= 0.3 is 0 Å². The van der Waals surface area contributed by atoms with Crippen molar-refractivity contribution in [2.75, 3.05) is 10.6 Å². The topological polar surface area (TPSA) is 83.4 Å². The van der Waals surface area contributed by atoms with Crippen LogP contribution in [0, 0.1) is 0 Å². The fourth-order valence-electron chi connectivity index (χ4n) is 2.39. The van der Waals surface area contributed by atoms with Crippen LogP contribution in [0.5, 0.6) is 0 Å². The molecule has 6 nitrogen and oxygen atoms in total. The molecule has 7 heteroatoms. The second-order valence-electron chi connectivity index (χ2n) is 5.68. The molecule has 0 saturated heterocycles. The number of rotatable bonds is 5. The molecule has 3 rings (SSSR count). The molecule has 0 spiro atoms. The van der Waals surface area contributed by atoms with Gasteiger partial charge in [-0.2, -0.15) is 0 Å². The molecular weight excluding hydrogens is 362 g/mol. The molecule has 0 unspecified atom stereocenters. The van der Waals surface area contributed by atoms with Crippen molar-refractivity contribution in [3.8, 4) is 0 Å². The van der Waals surface area contributed by atoms with E-state index < -0.39 is 0 Å². The van der Waals surface area contributed by atoms with Crippen LogP contribution < -0.4 is 16.0 Å². The number of hydrogen-bond donors (Lipinski definition) is 3. The first-order valence-corrected chi connectivity index (χ1v) is 8.60. The third kappa shape index (κ3) is 5.52. The van der Waals surface area contributed by atoms with E-state index in [-0.39, 0.29) is 29.1 Å². The fourth-order valence-corrected chi connectivity index (χ4v) is 2.62. The number of carbonyl (C=O) groups excluding carboxylic acids is 2. The van der Waals surface area contributed by atoms with Gasteiger partial charge in [0.15, 0.2) is 10.9 Å². The summed E-state index contributed by atoms with van der Waals surface area (Å²) in [5.41, 5.74) is 2.11. The van der Waals surface area contributed by atoms with Gasteiger partial charge in [-0.3, -0.25) is 9.59 Å². The van der Waals surface area contributed by atoms with Gasteiger partial charge in [0.1, 0.15) is 0 Å². The number of thiocarbonyl (C=S) groups is 1. The summed E-state index contributed by atoms with van der Waals surface area (Å²) in [4.78, 5) is 24.1. The average molecular weight is 379 g/mol. The molecule has 136 valence electrons. The van der Waals surface area contributed by atoms with Crippen LogP contribution >= 0.6 is 12.2 Å². The first kappa shape index (κ1) is 18.3. The minimum Gasteiger partial charge on any atom is -0.459 e. The highest BCUT2D eigenvalue weighted by atomic mass is 32.1. The molecule has 3 aromatic rings.